The number of anilines is 3. The topological polar surface area (TPSA) is 81.8 Å². The van der Waals surface area contributed by atoms with Crippen LogP contribution in [-0.2, 0) is 0 Å². The maximum absolute atomic E-state index is 12.7. The van der Waals surface area contributed by atoms with Gasteiger partial charge in [0, 0.05) is 43.5 Å². The monoisotopic (exact) mass is 452 g/mol. The van der Waals surface area contributed by atoms with Crippen LogP contribution >= 0.6 is 0 Å². The highest BCUT2D eigenvalue weighted by Gasteiger charge is 2.31. The Kier molecular flexibility index (Phi) is 8.03. The fraction of sp³-hybridized carbons (Fsp3) is 0.519. The highest BCUT2D eigenvalue weighted by atomic mass is 16.3. The van der Waals surface area contributed by atoms with Gasteiger partial charge in [0.1, 0.15) is 0 Å². The number of para-hydroxylation sites is 2. The van der Waals surface area contributed by atoms with E-state index in [1.807, 2.05) is 44.2 Å². The molecule has 2 aromatic carbocycles. The third-order valence-corrected chi connectivity index (χ3v) is 6.43. The van der Waals surface area contributed by atoms with Crippen LogP contribution in [0.5, 0.6) is 0 Å². The van der Waals surface area contributed by atoms with Gasteiger partial charge in [0.2, 0.25) is 0 Å². The zero-order valence-electron chi connectivity index (χ0n) is 19.3. The lowest BCUT2D eigenvalue weighted by molar-refractivity contribution is 0.0281. The third-order valence-electron chi connectivity index (χ3n) is 6.43. The molecular weight excluding hydrogens is 412 g/mol. The molecule has 1 aliphatic carbocycles. The Morgan fingerprint density at radius 1 is 1.09 bits per heavy atom. The van der Waals surface area contributed by atoms with E-state index < -0.39 is 5.60 Å². The highest BCUT2D eigenvalue weighted by Crippen LogP contribution is 2.34. The molecule has 4 rings (SSSR count). The number of aliphatic hydroxyl groups is 1. The first kappa shape index (κ1) is 25.1. The summed E-state index contributed by atoms with van der Waals surface area (Å²) in [5, 5.41) is 13.0. The van der Waals surface area contributed by atoms with Crippen LogP contribution in [-0.4, -0.2) is 53.7 Å². The van der Waals surface area contributed by atoms with Gasteiger partial charge in [0.05, 0.1) is 17.0 Å². The molecule has 0 unspecified atom stereocenters. The summed E-state index contributed by atoms with van der Waals surface area (Å²) in [7, 11) is 0. The van der Waals surface area contributed by atoms with Crippen molar-refractivity contribution in [1.29, 1.82) is 0 Å². The number of likely N-dealkylation sites (tertiary alicyclic amines) is 1. The van der Waals surface area contributed by atoms with Gasteiger partial charge in [0.25, 0.3) is 5.91 Å². The van der Waals surface area contributed by atoms with Crippen molar-refractivity contribution in [3.63, 3.8) is 0 Å². The normalized spacial score (nSPS) is 17.3. The van der Waals surface area contributed by atoms with Crippen molar-refractivity contribution in [3.05, 3.63) is 54.1 Å². The number of carbonyl (C=O) groups excluding carboxylic acids is 1. The highest BCUT2D eigenvalue weighted by molar-refractivity contribution is 6.05. The van der Waals surface area contributed by atoms with Crippen LogP contribution in [0, 0.1) is 5.92 Å². The van der Waals surface area contributed by atoms with E-state index in [9.17, 15) is 9.90 Å². The molecule has 6 heteroatoms. The first-order valence-electron chi connectivity index (χ1n) is 11.8. The summed E-state index contributed by atoms with van der Waals surface area (Å²) >= 11 is 0. The van der Waals surface area contributed by atoms with Crippen molar-refractivity contribution in [1.82, 2.24) is 4.90 Å². The minimum atomic E-state index is -0.651. The number of β-amino-alcohol motifs (C(OH)–C–C–N with tert-alkyl or cyclic N) is 1. The lowest BCUT2D eigenvalue weighted by Crippen LogP contribution is -2.49. The van der Waals surface area contributed by atoms with Crippen molar-refractivity contribution in [2.75, 3.05) is 42.1 Å². The average molecular weight is 453 g/mol. The minimum Gasteiger partial charge on any atom is -0.397 e. The SMILES string of the molecule is C.CC(C)(O)CN1CCC(N(CC2CC2)c2ccc(C(=O)Nc3ccccc3N)cc2)CC1. The molecule has 6 nitrogen and oxygen atoms in total. The molecule has 1 heterocycles. The number of nitrogens with one attached hydrogen (secondary N) is 1. The van der Waals surface area contributed by atoms with Gasteiger partial charge in [-0.05, 0) is 81.8 Å². The molecule has 4 N–H and O–H groups in total. The van der Waals surface area contributed by atoms with Gasteiger partial charge >= 0.3 is 0 Å². The zero-order valence-corrected chi connectivity index (χ0v) is 19.3. The van der Waals surface area contributed by atoms with E-state index in [2.05, 4.69) is 27.2 Å². The summed E-state index contributed by atoms with van der Waals surface area (Å²) in [6, 6.07) is 15.8. The maximum atomic E-state index is 12.7. The van der Waals surface area contributed by atoms with Gasteiger partial charge in [0.15, 0.2) is 0 Å². The molecule has 1 saturated carbocycles. The van der Waals surface area contributed by atoms with E-state index in [0.29, 0.717) is 23.0 Å². The van der Waals surface area contributed by atoms with Crippen LogP contribution in [0.3, 0.4) is 0 Å². The molecule has 0 radical (unpaired) electrons. The van der Waals surface area contributed by atoms with Crippen LogP contribution in [0.2, 0.25) is 0 Å². The van der Waals surface area contributed by atoms with Gasteiger partial charge < -0.3 is 26.0 Å². The van der Waals surface area contributed by atoms with Crippen molar-refractivity contribution < 1.29 is 9.90 Å². The number of nitrogen functional groups attached to an aromatic ring is 1. The quantitative estimate of drug-likeness (QED) is 0.510. The van der Waals surface area contributed by atoms with E-state index in [4.69, 9.17) is 5.73 Å². The molecule has 2 aromatic rings. The Hall–Kier alpha value is -2.57. The molecule has 1 aliphatic heterocycles. The number of piperidine rings is 1. The molecule has 0 spiro atoms. The largest absolute Gasteiger partial charge is 0.397 e. The molecule has 0 bridgehead atoms. The predicted molar refractivity (Wildman–Crippen MR) is 138 cm³/mol. The lowest BCUT2D eigenvalue weighted by Gasteiger charge is -2.41. The van der Waals surface area contributed by atoms with Crippen molar-refractivity contribution >= 4 is 23.0 Å². The fourth-order valence-corrected chi connectivity index (χ4v) is 4.59. The number of nitrogens with two attached hydrogens (primary N) is 1. The standard InChI is InChI=1S/C26H36N4O2.CH4/c1-26(2,32)18-29-15-13-22(14-16-29)30(17-19-7-8-19)21-11-9-20(10-12-21)25(31)28-24-6-4-3-5-23(24)27;/h3-6,9-12,19,22,32H,7-8,13-18,27H2,1-2H3,(H,28,31);1H4. The molecule has 33 heavy (non-hydrogen) atoms. The number of carbonyl (C=O) groups is 1. The van der Waals surface area contributed by atoms with Crippen molar-refractivity contribution in [2.45, 2.75) is 58.6 Å². The molecule has 2 aliphatic rings. The second-order valence-electron chi connectivity index (χ2n) is 10.0. The summed E-state index contributed by atoms with van der Waals surface area (Å²) < 4.78 is 0. The average Bonchev–Trinajstić information content (AvgIpc) is 3.58. The fourth-order valence-electron chi connectivity index (χ4n) is 4.59. The molecule has 1 amide bonds. The van der Waals surface area contributed by atoms with Crippen LogP contribution in [0.1, 0.15) is 57.3 Å². The number of hydrogen-bond acceptors (Lipinski definition) is 5. The van der Waals surface area contributed by atoms with Crippen molar-refractivity contribution in [2.24, 2.45) is 5.92 Å². The summed E-state index contributed by atoms with van der Waals surface area (Å²) in [5.41, 5.74) is 8.31. The molecule has 2 fully saturated rings. The van der Waals surface area contributed by atoms with Crippen molar-refractivity contribution in [3.8, 4) is 0 Å². The van der Waals surface area contributed by atoms with Gasteiger partial charge in [-0.15, -0.1) is 0 Å². The third kappa shape index (κ3) is 6.95. The Balaban J connectivity index is 0.00000306. The van der Waals surface area contributed by atoms with E-state index >= 15 is 0 Å². The molecule has 1 saturated heterocycles. The van der Waals surface area contributed by atoms with Crippen LogP contribution in [0.15, 0.2) is 48.5 Å². The second-order valence-corrected chi connectivity index (χ2v) is 10.0. The molecule has 180 valence electrons. The summed E-state index contributed by atoms with van der Waals surface area (Å²) in [4.78, 5) is 17.6. The first-order chi connectivity index (χ1) is 15.3. The summed E-state index contributed by atoms with van der Waals surface area (Å²) in [6.07, 6.45) is 4.82. The maximum Gasteiger partial charge on any atom is 0.255 e. The van der Waals surface area contributed by atoms with Crippen LogP contribution in [0.4, 0.5) is 17.1 Å². The number of amides is 1. The van der Waals surface area contributed by atoms with Crippen LogP contribution < -0.4 is 16.0 Å². The van der Waals surface area contributed by atoms with E-state index in [0.717, 1.165) is 44.9 Å². The number of nitrogens with zero attached hydrogens (tertiary/aromatic N) is 2. The molecule has 0 aromatic heterocycles. The molecule has 0 atom stereocenters. The lowest BCUT2D eigenvalue weighted by atomic mass is 9.99. The van der Waals surface area contributed by atoms with E-state index in [1.54, 1.807) is 6.07 Å². The smallest absolute Gasteiger partial charge is 0.255 e. The van der Waals surface area contributed by atoms with Gasteiger partial charge in [-0.25, -0.2) is 0 Å². The Labute approximate surface area is 198 Å². The van der Waals surface area contributed by atoms with E-state index in [-0.39, 0.29) is 13.3 Å². The zero-order chi connectivity index (χ0) is 22.7. The number of hydrogen-bond donors (Lipinski definition) is 3. The summed E-state index contributed by atoms with van der Waals surface area (Å²) in [6.45, 7) is 7.58. The predicted octanol–water partition coefficient (Wildman–Crippen LogP) is 4.61. The number of rotatable bonds is 8. The van der Waals surface area contributed by atoms with Gasteiger partial charge in [-0.2, -0.15) is 0 Å². The summed E-state index contributed by atoms with van der Waals surface area (Å²) in [5.74, 6) is 0.636. The van der Waals surface area contributed by atoms with Gasteiger partial charge in [-0.3, -0.25) is 4.79 Å². The number of benzene rings is 2. The Morgan fingerprint density at radius 3 is 2.30 bits per heavy atom. The van der Waals surface area contributed by atoms with Crippen LogP contribution in [0.25, 0.3) is 0 Å². The Bertz CT molecular complexity index is 910. The first-order valence-corrected chi connectivity index (χ1v) is 11.8. The van der Waals surface area contributed by atoms with E-state index in [1.165, 1.54) is 18.5 Å². The minimum absolute atomic E-state index is 0. The second kappa shape index (κ2) is 10.6. The Morgan fingerprint density at radius 2 is 1.73 bits per heavy atom. The molecular formula is C27H40N4O2. The van der Waals surface area contributed by atoms with Gasteiger partial charge in [-0.1, -0.05) is 19.6 Å².